The van der Waals surface area contributed by atoms with E-state index in [1.54, 1.807) is 18.5 Å². The van der Waals surface area contributed by atoms with Gasteiger partial charge in [-0.2, -0.15) is 0 Å². The Bertz CT molecular complexity index is 929. The maximum absolute atomic E-state index is 12.6. The van der Waals surface area contributed by atoms with Gasteiger partial charge in [0, 0.05) is 42.6 Å². The summed E-state index contributed by atoms with van der Waals surface area (Å²) >= 11 is 6.26. The summed E-state index contributed by atoms with van der Waals surface area (Å²) in [5.74, 6) is 7.08. The maximum Gasteiger partial charge on any atom is 0.253 e. The van der Waals surface area contributed by atoms with Crippen LogP contribution in [0.15, 0.2) is 42.7 Å². The van der Waals surface area contributed by atoms with Gasteiger partial charge in [-0.1, -0.05) is 23.7 Å². The molecule has 1 aromatic carbocycles. The van der Waals surface area contributed by atoms with Gasteiger partial charge >= 0.3 is 0 Å². The molecule has 1 saturated carbocycles. The molecule has 1 unspecified atom stereocenters. The van der Waals surface area contributed by atoms with Crippen molar-refractivity contribution in [2.24, 2.45) is 5.92 Å². The summed E-state index contributed by atoms with van der Waals surface area (Å²) in [6.07, 6.45) is 8.40. The van der Waals surface area contributed by atoms with E-state index in [0.717, 1.165) is 36.5 Å². The Kier molecular flexibility index (Phi) is 5.54. The van der Waals surface area contributed by atoms with Crippen molar-refractivity contribution in [1.29, 1.82) is 0 Å². The van der Waals surface area contributed by atoms with E-state index in [9.17, 15) is 4.79 Å². The molecule has 5 heteroatoms. The van der Waals surface area contributed by atoms with Gasteiger partial charge < -0.3 is 10.6 Å². The third kappa shape index (κ3) is 4.31. The van der Waals surface area contributed by atoms with Crippen molar-refractivity contribution in [2.45, 2.75) is 37.5 Å². The van der Waals surface area contributed by atoms with Crippen LogP contribution < -0.4 is 10.6 Å². The molecule has 2 aliphatic carbocycles. The molecule has 0 saturated heterocycles. The lowest BCUT2D eigenvalue weighted by molar-refractivity contribution is 0.0952. The second-order valence-electron chi connectivity index (χ2n) is 7.75. The number of hydrogen-bond acceptors (Lipinski definition) is 3. The Labute approximate surface area is 171 Å². The van der Waals surface area contributed by atoms with E-state index in [4.69, 9.17) is 11.6 Å². The van der Waals surface area contributed by atoms with Crippen molar-refractivity contribution in [2.75, 3.05) is 18.4 Å². The van der Waals surface area contributed by atoms with Gasteiger partial charge in [0.25, 0.3) is 5.91 Å². The minimum Gasteiger partial charge on any atom is -0.382 e. The quantitative estimate of drug-likeness (QED) is 0.685. The minimum absolute atomic E-state index is 0.0444. The van der Waals surface area contributed by atoms with E-state index in [-0.39, 0.29) is 11.3 Å². The van der Waals surface area contributed by atoms with Gasteiger partial charge in [-0.3, -0.25) is 9.78 Å². The Morgan fingerprint density at radius 3 is 2.93 bits per heavy atom. The number of aromatic nitrogens is 1. The van der Waals surface area contributed by atoms with E-state index in [1.165, 1.54) is 18.4 Å². The van der Waals surface area contributed by atoms with Crippen LogP contribution in [0.1, 0.15) is 48.0 Å². The van der Waals surface area contributed by atoms with E-state index in [2.05, 4.69) is 33.5 Å². The van der Waals surface area contributed by atoms with Crippen molar-refractivity contribution in [3.63, 3.8) is 0 Å². The highest BCUT2D eigenvalue weighted by molar-refractivity contribution is 6.30. The van der Waals surface area contributed by atoms with Gasteiger partial charge in [-0.25, -0.2) is 0 Å². The van der Waals surface area contributed by atoms with E-state index in [0.29, 0.717) is 18.0 Å². The van der Waals surface area contributed by atoms with Gasteiger partial charge in [0.15, 0.2) is 0 Å². The number of amides is 1. The van der Waals surface area contributed by atoms with Crippen molar-refractivity contribution in [1.82, 2.24) is 10.3 Å². The van der Waals surface area contributed by atoms with Crippen LogP contribution in [-0.2, 0) is 5.41 Å². The molecule has 1 heterocycles. The van der Waals surface area contributed by atoms with Crippen LogP contribution in [0.4, 0.5) is 5.69 Å². The van der Waals surface area contributed by atoms with Gasteiger partial charge in [0.05, 0.1) is 17.4 Å². The molecule has 0 bridgehead atoms. The number of benzene rings is 1. The molecule has 4 rings (SSSR count). The summed E-state index contributed by atoms with van der Waals surface area (Å²) in [6, 6.07) is 9.81. The van der Waals surface area contributed by atoms with Gasteiger partial charge in [-0.05, 0) is 48.9 Å². The SMILES string of the molecule is O=C(NCC1CC1)c1ccncc1NCC1(c2cccc(Cl)c2)CC#CCC1. The lowest BCUT2D eigenvalue weighted by Crippen LogP contribution is -2.36. The summed E-state index contributed by atoms with van der Waals surface area (Å²) in [6.45, 7) is 1.43. The van der Waals surface area contributed by atoms with Crippen LogP contribution in [0.5, 0.6) is 0 Å². The van der Waals surface area contributed by atoms with Crippen LogP contribution in [0.3, 0.4) is 0 Å². The smallest absolute Gasteiger partial charge is 0.253 e. The number of hydrogen-bond donors (Lipinski definition) is 2. The Morgan fingerprint density at radius 1 is 1.29 bits per heavy atom. The molecule has 2 aromatic rings. The summed E-state index contributed by atoms with van der Waals surface area (Å²) < 4.78 is 0. The predicted octanol–water partition coefficient (Wildman–Crippen LogP) is 4.41. The van der Waals surface area contributed by atoms with Crippen molar-refractivity contribution >= 4 is 23.2 Å². The van der Waals surface area contributed by atoms with Crippen LogP contribution >= 0.6 is 11.6 Å². The fourth-order valence-electron chi connectivity index (χ4n) is 3.68. The highest BCUT2D eigenvalue weighted by atomic mass is 35.5. The molecule has 1 aromatic heterocycles. The number of anilines is 1. The number of carbonyl (C=O) groups excluding carboxylic acids is 1. The predicted molar refractivity (Wildman–Crippen MR) is 113 cm³/mol. The van der Waals surface area contributed by atoms with Gasteiger partial charge in [-0.15, -0.1) is 11.8 Å². The molecule has 1 fully saturated rings. The Hall–Kier alpha value is -2.51. The van der Waals surface area contributed by atoms with Crippen molar-refractivity contribution in [3.05, 3.63) is 58.9 Å². The summed E-state index contributed by atoms with van der Waals surface area (Å²) in [5, 5.41) is 7.27. The maximum atomic E-state index is 12.6. The molecule has 0 aliphatic heterocycles. The fraction of sp³-hybridized carbons (Fsp3) is 0.391. The lowest BCUT2D eigenvalue weighted by Gasteiger charge is -2.35. The van der Waals surface area contributed by atoms with Crippen molar-refractivity contribution in [3.8, 4) is 11.8 Å². The van der Waals surface area contributed by atoms with E-state index < -0.39 is 0 Å². The molecule has 28 heavy (non-hydrogen) atoms. The number of nitrogens with one attached hydrogen (secondary N) is 2. The van der Waals surface area contributed by atoms with E-state index in [1.807, 2.05) is 18.2 Å². The summed E-state index contributed by atoms with van der Waals surface area (Å²) in [7, 11) is 0. The second kappa shape index (κ2) is 8.24. The van der Waals surface area contributed by atoms with Crippen LogP contribution in [0.2, 0.25) is 5.02 Å². The molecular weight excluding hydrogens is 370 g/mol. The lowest BCUT2D eigenvalue weighted by atomic mass is 9.72. The first-order chi connectivity index (χ1) is 13.7. The first kappa shape index (κ1) is 18.8. The third-order valence-electron chi connectivity index (χ3n) is 5.65. The first-order valence-electron chi connectivity index (χ1n) is 9.84. The molecular formula is C23H24ClN3O. The molecule has 1 atom stereocenters. The zero-order valence-corrected chi connectivity index (χ0v) is 16.6. The average Bonchev–Trinajstić information content (AvgIpc) is 3.56. The van der Waals surface area contributed by atoms with E-state index >= 15 is 0 Å². The Balaban J connectivity index is 1.53. The van der Waals surface area contributed by atoms with Crippen LogP contribution in [0.25, 0.3) is 0 Å². The highest BCUT2D eigenvalue weighted by Gasteiger charge is 2.33. The fourth-order valence-corrected chi connectivity index (χ4v) is 3.87. The number of pyridine rings is 1. The zero-order valence-electron chi connectivity index (χ0n) is 15.8. The minimum atomic E-state index is -0.131. The van der Waals surface area contributed by atoms with Crippen molar-refractivity contribution < 1.29 is 4.79 Å². The first-order valence-corrected chi connectivity index (χ1v) is 10.2. The standard InChI is InChI=1S/C23H24ClN3O/c24-19-6-4-5-18(13-19)23(10-2-1-3-11-23)16-27-21-15-25-12-9-20(21)22(28)26-14-17-7-8-17/h4-6,9,12-13,15,17,27H,2,7-8,10-11,14,16H2,(H,26,28). The normalized spacial score (nSPS) is 20.8. The molecule has 4 nitrogen and oxygen atoms in total. The number of rotatable bonds is 7. The zero-order chi connectivity index (χ0) is 19.4. The summed E-state index contributed by atoms with van der Waals surface area (Å²) in [5.41, 5.74) is 2.45. The molecule has 1 amide bonds. The average molecular weight is 394 g/mol. The highest BCUT2D eigenvalue weighted by Crippen LogP contribution is 2.36. The molecule has 0 spiro atoms. The summed E-state index contributed by atoms with van der Waals surface area (Å²) in [4.78, 5) is 16.8. The molecule has 2 aliphatic rings. The molecule has 144 valence electrons. The van der Waals surface area contributed by atoms with Gasteiger partial charge in [0.1, 0.15) is 0 Å². The second-order valence-corrected chi connectivity index (χ2v) is 8.19. The van der Waals surface area contributed by atoms with Crippen LogP contribution in [0, 0.1) is 17.8 Å². The molecule has 2 N–H and O–H groups in total. The topological polar surface area (TPSA) is 54.0 Å². The largest absolute Gasteiger partial charge is 0.382 e. The molecule has 0 radical (unpaired) electrons. The monoisotopic (exact) mass is 393 g/mol. The number of nitrogens with zero attached hydrogens (tertiary/aromatic N) is 1. The number of halogens is 1. The number of carbonyl (C=O) groups is 1. The third-order valence-corrected chi connectivity index (χ3v) is 5.88. The Morgan fingerprint density at radius 2 is 2.18 bits per heavy atom. The van der Waals surface area contributed by atoms with Gasteiger partial charge in [0.2, 0.25) is 0 Å². The van der Waals surface area contributed by atoms with Crippen LogP contribution in [-0.4, -0.2) is 24.0 Å².